The van der Waals surface area contributed by atoms with Crippen molar-refractivity contribution in [2.45, 2.75) is 51.4 Å². The molecule has 196 valence electrons. The number of rotatable bonds is 9. The van der Waals surface area contributed by atoms with Gasteiger partial charge in [-0.1, -0.05) is 123 Å². The second kappa shape index (κ2) is 11.9. The van der Waals surface area contributed by atoms with E-state index in [1.807, 2.05) is 73.7 Å². The number of nitrogens with one attached hydrogen (secondary N) is 1. The minimum absolute atomic E-state index is 0.223. The monoisotopic (exact) mass is 525 g/mol. The Bertz CT molecular complexity index is 1130. The molecule has 3 rings (SSSR count). The Hall–Kier alpha value is -3.16. The highest BCUT2D eigenvalue weighted by molar-refractivity contribution is 6.99. The fraction of sp³-hybridized carbons (Fsp3) is 0.300. The molecule has 0 fully saturated rings. The number of carbonyl (C=O) groups is 1. The molecule has 1 atom stereocenters. The summed E-state index contributed by atoms with van der Waals surface area (Å²) < 4.78 is 46.0. The van der Waals surface area contributed by atoms with Gasteiger partial charge in [0.25, 0.3) is 8.32 Å². The molecule has 1 N–H and O–H groups in total. The second-order valence-electron chi connectivity index (χ2n) is 10.2. The van der Waals surface area contributed by atoms with Gasteiger partial charge in [0.2, 0.25) is 0 Å². The number of hydrogen-bond donors (Lipinski definition) is 1. The van der Waals surface area contributed by atoms with Crippen molar-refractivity contribution in [3.8, 4) is 0 Å². The molecule has 0 unspecified atom stereocenters. The quantitative estimate of drug-likeness (QED) is 0.283. The predicted octanol–water partition coefficient (Wildman–Crippen LogP) is 5.80. The summed E-state index contributed by atoms with van der Waals surface area (Å²) in [7, 11) is -2.81. The number of hydrogen-bond acceptors (Lipinski definition) is 2. The van der Waals surface area contributed by atoms with E-state index in [4.69, 9.17) is 4.43 Å². The number of amides is 1. The molecular formula is C30H34F3NO2Si. The van der Waals surface area contributed by atoms with Crippen LogP contribution in [0.1, 0.15) is 33.3 Å². The van der Waals surface area contributed by atoms with Crippen molar-refractivity contribution in [1.29, 1.82) is 0 Å². The van der Waals surface area contributed by atoms with Crippen LogP contribution in [0.25, 0.3) is 0 Å². The van der Waals surface area contributed by atoms with Gasteiger partial charge in [-0.25, -0.2) is 0 Å². The molecule has 0 radical (unpaired) electrons. The first-order valence-corrected chi connectivity index (χ1v) is 14.2. The standard InChI is InChI=1S/C30H34F3NO2Si/c1-23(20-25(34-28(35)30(31,32)33)21-24-14-8-5-9-15-24)22-36-37(29(2,3)4,26-16-10-6-11-17-26)27-18-12-7-13-19-27/h5-20,25H,21-22H2,1-4H3,(H,34,35)/b23-20+/t25-/m1/s1. The summed E-state index contributed by atoms with van der Waals surface area (Å²) >= 11 is 0. The third-order valence-corrected chi connectivity index (χ3v) is 11.3. The van der Waals surface area contributed by atoms with Crippen molar-refractivity contribution >= 4 is 24.6 Å². The van der Waals surface area contributed by atoms with Crippen LogP contribution in [-0.4, -0.2) is 33.0 Å². The third-order valence-electron chi connectivity index (χ3n) is 6.29. The normalized spacial score (nSPS) is 13.8. The highest BCUT2D eigenvalue weighted by Gasteiger charge is 2.50. The number of carbonyl (C=O) groups excluding carboxylic acids is 1. The zero-order chi connectivity index (χ0) is 27.1. The van der Waals surface area contributed by atoms with E-state index in [2.05, 4.69) is 50.4 Å². The van der Waals surface area contributed by atoms with Crippen LogP contribution in [-0.2, 0) is 15.6 Å². The Morgan fingerprint density at radius 1 is 0.865 bits per heavy atom. The Morgan fingerprint density at radius 2 is 1.32 bits per heavy atom. The Balaban J connectivity index is 1.95. The van der Waals surface area contributed by atoms with Crippen molar-refractivity contribution < 1.29 is 22.4 Å². The molecule has 0 heterocycles. The van der Waals surface area contributed by atoms with E-state index in [9.17, 15) is 18.0 Å². The van der Waals surface area contributed by atoms with E-state index in [1.165, 1.54) is 0 Å². The van der Waals surface area contributed by atoms with Crippen molar-refractivity contribution in [1.82, 2.24) is 5.32 Å². The van der Waals surface area contributed by atoms with Gasteiger partial charge >= 0.3 is 12.1 Å². The lowest BCUT2D eigenvalue weighted by molar-refractivity contribution is -0.174. The molecule has 0 spiro atoms. The summed E-state index contributed by atoms with van der Waals surface area (Å²) in [6.07, 6.45) is -3.05. The maximum Gasteiger partial charge on any atom is 0.471 e. The fourth-order valence-electron chi connectivity index (χ4n) is 4.65. The largest absolute Gasteiger partial charge is 0.471 e. The zero-order valence-electron chi connectivity index (χ0n) is 21.7. The molecule has 1 amide bonds. The van der Waals surface area contributed by atoms with Crippen LogP contribution in [0.4, 0.5) is 13.2 Å². The lowest BCUT2D eigenvalue weighted by Gasteiger charge is -2.43. The highest BCUT2D eigenvalue weighted by Crippen LogP contribution is 2.37. The van der Waals surface area contributed by atoms with E-state index >= 15 is 0 Å². The topological polar surface area (TPSA) is 38.3 Å². The first-order valence-electron chi connectivity index (χ1n) is 12.3. The zero-order valence-corrected chi connectivity index (χ0v) is 22.7. The summed E-state index contributed by atoms with van der Waals surface area (Å²) in [5, 5.41) is 4.15. The number of halogens is 3. The maximum atomic E-state index is 13.0. The smallest absolute Gasteiger partial charge is 0.403 e. The minimum Gasteiger partial charge on any atom is -0.403 e. The van der Waals surface area contributed by atoms with Gasteiger partial charge in [-0.2, -0.15) is 13.2 Å². The molecule has 0 bridgehead atoms. The average Bonchev–Trinajstić information content (AvgIpc) is 2.85. The molecule has 0 saturated carbocycles. The van der Waals surface area contributed by atoms with E-state index < -0.39 is 26.4 Å². The molecular weight excluding hydrogens is 491 g/mol. The summed E-state index contributed by atoms with van der Waals surface area (Å²) in [6.45, 7) is 8.55. The molecule has 3 nitrogen and oxygen atoms in total. The van der Waals surface area contributed by atoms with E-state index in [0.717, 1.165) is 21.5 Å². The minimum atomic E-state index is -4.96. The molecule has 0 aliphatic heterocycles. The van der Waals surface area contributed by atoms with Gasteiger partial charge in [-0.05, 0) is 34.3 Å². The van der Waals surface area contributed by atoms with Gasteiger partial charge in [0.05, 0.1) is 12.6 Å². The Morgan fingerprint density at radius 3 is 1.76 bits per heavy atom. The van der Waals surface area contributed by atoms with Gasteiger partial charge in [0.15, 0.2) is 0 Å². The molecule has 3 aromatic carbocycles. The predicted molar refractivity (Wildman–Crippen MR) is 145 cm³/mol. The Kier molecular flexibility index (Phi) is 9.15. The molecule has 3 aromatic rings. The highest BCUT2D eigenvalue weighted by atomic mass is 28.4. The second-order valence-corrected chi connectivity index (χ2v) is 14.5. The van der Waals surface area contributed by atoms with Crippen molar-refractivity contribution in [2.75, 3.05) is 6.61 Å². The lowest BCUT2D eigenvalue weighted by atomic mass is 10.0. The van der Waals surface area contributed by atoms with Crippen molar-refractivity contribution in [3.63, 3.8) is 0 Å². The van der Waals surface area contributed by atoms with Gasteiger partial charge in [0.1, 0.15) is 0 Å². The summed E-state index contributed by atoms with van der Waals surface area (Å²) in [6, 6.07) is 28.6. The van der Waals surface area contributed by atoms with Crippen LogP contribution in [0, 0.1) is 0 Å². The molecule has 0 aliphatic carbocycles. The van der Waals surface area contributed by atoms with Crippen LogP contribution in [0.2, 0.25) is 5.04 Å². The van der Waals surface area contributed by atoms with Crippen molar-refractivity contribution in [3.05, 3.63) is 108 Å². The first kappa shape index (κ1) is 28.4. The van der Waals surface area contributed by atoms with Crippen LogP contribution < -0.4 is 15.7 Å². The number of benzene rings is 3. The van der Waals surface area contributed by atoms with Gasteiger partial charge in [-0.3, -0.25) is 4.79 Å². The van der Waals surface area contributed by atoms with E-state index in [0.29, 0.717) is 0 Å². The fourth-order valence-corrected chi connectivity index (χ4v) is 9.24. The van der Waals surface area contributed by atoms with Crippen LogP contribution >= 0.6 is 0 Å². The molecule has 37 heavy (non-hydrogen) atoms. The SMILES string of the molecule is C/C(=C\[C@H](Cc1ccccc1)NC(=O)C(F)(F)F)CO[Si](c1ccccc1)(c1ccccc1)C(C)(C)C. The Labute approximate surface area is 218 Å². The summed E-state index contributed by atoms with van der Waals surface area (Å²) in [5.41, 5.74) is 1.57. The van der Waals surface area contributed by atoms with Gasteiger partial charge in [-0.15, -0.1) is 0 Å². The molecule has 7 heteroatoms. The van der Waals surface area contributed by atoms with Crippen molar-refractivity contribution in [2.24, 2.45) is 0 Å². The van der Waals surface area contributed by atoms with E-state index in [-0.39, 0.29) is 18.1 Å². The van der Waals surface area contributed by atoms with Crippen LogP contribution in [0.5, 0.6) is 0 Å². The average molecular weight is 526 g/mol. The maximum absolute atomic E-state index is 13.0. The molecule has 0 saturated heterocycles. The van der Waals surface area contributed by atoms with Gasteiger partial charge in [0, 0.05) is 0 Å². The first-order chi connectivity index (χ1) is 17.4. The molecule has 0 aliphatic rings. The van der Waals surface area contributed by atoms with E-state index in [1.54, 1.807) is 6.08 Å². The van der Waals surface area contributed by atoms with Gasteiger partial charge < -0.3 is 9.74 Å². The summed E-state index contributed by atoms with van der Waals surface area (Å²) in [4.78, 5) is 11.8. The molecule has 0 aromatic heterocycles. The third kappa shape index (κ3) is 7.20. The number of alkyl halides is 3. The lowest BCUT2D eigenvalue weighted by Crippen LogP contribution is -2.66. The summed E-state index contributed by atoms with van der Waals surface area (Å²) in [5.74, 6) is -1.95. The van der Waals surface area contributed by atoms with Crippen LogP contribution in [0.15, 0.2) is 103 Å². The van der Waals surface area contributed by atoms with Crippen LogP contribution in [0.3, 0.4) is 0 Å².